The highest BCUT2D eigenvalue weighted by Gasteiger charge is 2.25. The lowest BCUT2D eigenvalue weighted by Gasteiger charge is -2.31. The first kappa shape index (κ1) is 18.0. The second-order valence-corrected chi connectivity index (χ2v) is 7.22. The molecular weight excluding hydrogens is 368 g/mol. The van der Waals surface area contributed by atoms with Gasteiger partial charge < -0.3 is 14.5 Å². The molecule has 1 fully saturated rings. The average Bonchev–Trinajstić information content (AvgIpc) is 2.68. The van der Waals surface area contributed by atoms with Crippen molar-refractivity contribution in [3.63, 3.8) is 0 Å². The van der Waals surface area contributed by atoms with Crippen molar-refractivity contribution in [1.29, 1.82) is 0 Å². The number of fused-ring (bicyclic) bond motifs is 1. The molecule has 0 spiro atoms. The number of carbonyl (C=O) groups is 1. The first-order valence-electron chi connectivity index (χ1n) is 9.07. The molecule has 0 aliphatic carbocycles. The minimum Gasteiger partial charge on any atom is -0.378 e. The first-order chi connectivity index (χ1) is 13.1. The van der Waals surface area contributed by atoms with Gasteiger partial charge in [-0.1, -0.05) is 23.7 Å². The quantitative estimate of drug-likeness (QED) is 0.859. The maximum atomic E-state index is 12.7. The minimum absolute atomic E-state index is 0.0120. The van der Waals surface area contributed by atoms with Gasteiger partial charge in [-0.2, -0.15) is 0 Å². The van der Waals surface area contributed by atoms with Crippen molar-refractivity contribution in [3.05, 3.63) is 56.5 Å². The second-order valence-electron chi connectivity index (χ2n) is 6.79. The van der Waals surface area contributed by atoms with Gasteiger partial charge in [0, 0.05) is 30.2 Å². The Hall–Kier alpha value is -2.38. The van der Waals surface area contributed by atoms with Crippen LogP contribution in [-0.4, -0.2) is 53.6 Å². The van der Waals surface area contributed by atoms with Crippen LogP contribution in [0.1, 0.15) is 16.8 Å². The molecule has 1 N–H and O–H groups in total. The number of H-pyrrole nitrogens is 1. The van der Waals surface area contributed by atoms with Crippen molar-refractivity contribution >= 4 is 23.5 Å². The summed E-state index contributed by atoms with van der Waals surface area (Å²) < 4.78 is 5.35. The number of carbonyl (C=O) groups excluding carboxylic acids is 1. The Morgan fingerprint density at radius 1 is 1.26 bits per heavy atom. The summed E-state index contributed by atoms with van der Waals surface area (Å²) in [5.74, 6) is 0.573. The third-order valence-electron chi connectivity index (χ3n) is 4.97. The predicted molar refractivity (Wildman–Crippen MR) is 102 cm³/mol. The van der Waals surface area contributed by atoms with E-state index < -0.39 is 0 Å². The largest absolute Gasteiger partial charge is 0.378 e. The summed E-state index contributed by atoms with van der Waals surface area (Å²) in [4.78, 5) is 36.5. The van der Waals surface area contributed by atoms with Crippen molar-refractivity contribution in [3.8, 4) is 0 Å². The molecule has 0 atom stereocenters. The number of hydrogen-bond donors (Lipinski definition) is 1. The normalized spacial score (nSPS) is 16.9. The number of halogens is 1. The van der Waals surface area contributed by atoms with Gasteiger partial charge in [0.25, 0.3) is 5.56 Å². The van der Waals surface area contributed by atoms with Gasteiger partial charge >= 0.3 is 0 Å². The molecule has 3 heterocycles. The standard InChI is InChI=1S/C19H21ClN4O3/c20-14-3-1-2-13(10-14)11-17(25)24-5-4-15-16(12-24)21-19(22-18(15)26)23-6-8-27-9-7-23/h1-3,10H,4-9,11-12H2,(H,21,22,26). The molecule has 142 valence electrons. The summed E-state index contributed by atoms with van der Waals surface area (Å²) in [6, 6.07) is 7.32. The lowest BCUT2D eigenvalue weighted by molar-refractivity contribution is -0.131. The summed E-state index contributed by atoms with van der Waals surface area (Å²) in [5.41, 5.74) is 2.14. The Bertz CT molecular complexity index is 908. The third kappa shape index (κ3) is 3.99. The Labute approximate surface area is 161 Å². The first-order valence-corrected chi connectivity index (χ1v) is 9.45. The lowest BCUT2D eigenvalue weighted by atomic mass is 10.1. The zero-order valence-corrected chi connectivity index (χ0v) is 15.7. The molecule has 2 aliphatic heterocycles. The maximum Gasteiger partial charge on any atom is 0.255 e. The summed E-state index contributed by atoms with van der Waals surface area (Å²) in [7, 11) is 0. The molecule has 0 radical (unpaired) electrons. The SMILES string of the molecule is O=C(Cc1cccc(Cl)c1)N1CCc2c(nc(N3CCOCC3)[nH]c2=O)C1. The smallest absolute Gasteiger partial charge is 0.255 e. The molecule has 0 bridgehead atoms. The number of ether oxygens (including phenoxy) is 1. The zero-order valence-electron chi connectivity index (χ0n) is 14.9. The van der Waals surface area contributed by atoms with Gasteiger partial charge in [-0.15, -0.1) is 0 Å². The fraction of sp³-hybridized carbons (Fsp3) is 0.421. The fourth-order valence-corrected chi connectivity index (χ4v) is 3.71. The van der Waals surface area contributed by atoms with Crippen molar-refractivity contribution in [2.24, 2.45) is 0 Å². The summed E-state index contributed by atoms with van der Waals surface area (Å²) in [6.45, 7) is 3.50. The molecule has 2 aromatic rings. The van der Waals surface area contributed by atoms with E-state index in [1.165, 1.54) is 0 Å². The van der Waals surface area contributed by atoms with E-state index in [4.69, 9.17) is 16.3 Å². The molecule has 27 heavy (non-hydrogen) atoms. The van der Waals surface area contributed by atoms with E-state index in [0.29, 0.717) is 68.0 Å². The van der Waals surface area contributed by atoms with Crippen LogP contribution in [0.2, 0.25) is 5.02 Å². The molecule has 1 aromatic carbocycles. The molecule has 1 aromatic heterocycles. The molecule has 7 nitrogen and oxygen atoms in total. The van der Waals surface area contributed by atoms with Gasteiger partial charge in [-0.3, -0.25) is 14.6 Å². The van der Waals surface area contributed by atoms with Gasteiger partial charge in [-0.05, 0) is 24.1 Å². The van der Waals surface area contributed by atoms with Crippen LogP contribution in [0.15, 0.2) is 29.1 Å². The predicted octanol–water partition coefficient (Wildman–Crippen LogP) is 1.39. The van der Waals surface area contributed by atoms with Crippen molar-refractivity contribution in [2.45, 2.75) is 19.4 Å². The number of morpholine rings is 1. The molecule has 0 saturated carbocycles. The second kappa shape index (κ2) is 7.70. The third-order valence-corrected chi connectivity index (χ3v) is 5.20. The summed E-state index contributed by atoms with van der Waals surface area (Å²) in [5, 5.41) is 0.618. The van der Waals surface area contributed by atoms with Crippen LogP contribution in [0.25, 0.3) is 0 Å². The Kier molecular flexibility index (Phi) is 5.13. The molecule has 8 heteroatoms. The van der Waals surface area contributed by atoms with E-state index in [1.807, 2.05) is 17.0 Å². The van der Waals surface area contributed by atoms with E-state index in [1.54, 1.807) is 17.0 Å². The van der Waals surface area contributed by atoms with Gasteiger partial charge in [0.1, 0.15) is 0 Å². The van der Waals surface area contributed by atoms with Crippen LogP contribution in [-0.2, 0) is 28.9 Å². The number of nitrogens with one attached hydrogen (secondary N) is 1. The average molecular weight is 389 g/mol. The molecule has 1 saturated heterocycles. The Balaban J connectivity index is 1.52. The van der Waals surface area contributed by atoms with Crippen LogP contribution < -0.4 is 10.5 Å². The van der Waals surface area contributed by atoms with E-state index in [0.717, 1.165) is 5.56 Å². The highest BCUT2D eigenvalue weighted by atomic mass is 35.5. The lowest BCUT2D eigenvalue weighted by Crippen LogP contribution is -2.42. The molecule has 0 unspecified atom stereocenters. The monoisotopic (exact) mass is 388 g/mol. The van der Waals surface area contributed by atoms with Gasteiger partial charge in [0.05, 0.1) is 31.9 Å². The summed E-state index contributed by atoms with van der Waals surface area (Å²) >= 11 is 6.00. The maximum absolute atomic E-state index is 12.7. The van der Waals surface area contributed by atoms with Crippen LogP contribution in [0, 0.1) is 0 Å². The highest BCUT2D eigenvalue weighted by molar-refractivity contribution is 6.30. The molecule has 1 amide bonds. The van der Waals surface area contributed by atoms with E-state index >= 15 is 0 Å². The van der Waals surface area contributed by atoms with Gasteiger partial charge in [0.15, 0.2) is 0 Å². The minimum atomic E-state index is -0.108. The molecule has 4 rings (SSSR count). The number of amides is 1. The summed E-state index contributed by atoms with van der Waals surface area (Å²) in [6.07, 6.45) is 0.803. The zero-order chi connectivity index (χ0) is 18.8. The van der Waals surface area contributed by atoms with E-state index in [2.05, 4.69) is 9.97 Å². The Morgan fingerprint density at radius 2 is 2.07 bits per heavy atom. The van der Waals surface area contributed by atoms with E-state index in [-0.39, 0.29) is 17.9 Å². The van der Waals surface area contributed by atoms with Crippen LogP contribution >= 0.6 is 11.6 Å². The topological polar surface area (TPSA) is 78.5 Å². The van der Waals surface area contributed by atoms with Gasteiger partial charge in [-0.25, -0.2) is 4.98 Å². The van der Waals surface area contributed by atoms with E-state index in [9.17, 15) is 9.59 Å². The van der Waals surface area contributed by atoms with Gasteiger partial charge in [0.2, 0.25) is 11.9 Å². The molecular formula is C19H21ClN4O3. The Morgan fingerprint density at radius 3 is 2.85 bits per heavy atom. The number of benzene rings is 1. The number of aromatic nitrogens is 2. The number of anilines is 1. The van der Waals surface area contributed by atoms with Crippen molar-refractivity contribution in [1.82, 2.24) is 14.9 Å². The fourth-order valence-electron chi connectivity index (χ4n) is 3.50. The van der Waals surface area contributed by atoms with Crippen LogP contribution in [0.4, 0.5) is 5.95 Å². The number of rotatable bonds is 3. The van der Waals surface area contributed by atoms with Crippen LogP contribution in [0.3, 0.4) is 0 Å². The molecule has 2 aliphatic rings. The van der Waals surface area contributed by atoms with Crippen LogP contribution in [0.5, 0.6) is 0 Å². The number of hydrogen-bond acceptors (Lipinski definition) is 5. The highest BCUT2D eigenvalue weighted by Crippen LogP contribution is 2.19. The number of aromatic amines is 1. The van der Waals surface area contributed by atoms with Crippen molar-refractivity contribution < 1.29 is 9.53 Å². The number of nitrogens with zero attached hydrogens (tertiary/aromatic N) is 3. The van der Waals surface area contributed by atoms with Crippen molar-refractivity contribution in [2.75, 3.05) is 37.7 Å².